The molecule has 0 bridgehead atoms. The molecule has 7 heteroatoms. The standard InChI is InChI=1S/C18H21ClN2O2.2ClH/c1-20-10-12-21(13-11-20)9-8-16(22)18-7-6-17(23-18)14-2-4-15(19)5-3-14;;/h2-7H,8-13H2,1H3;2*1H. The Bertz CT molecular complexity index is 665. The molecule has 1 saturated heterocycles. The van der Waals surface area contributed by atoms with Crippen LogP contribution in [0.15, 0.2) is 40.8 Å². The molecule has 0 spiro atoms. The molecule has 138 valence electrons. The minimum absolute atomic E-state index is 0. The highest BCUT2D eigenvalue weighted by molar-refractivity contribution is 6.30. The summed E-state index contributed by atoms with van der Waals surface area (Å²) in [4.78, 5) is 16.9. The Morgan fingerprint density at radius 2 is 1.68 bits per heavy atom. The van der Waals surface area contributed by atoms with E-state index in [1.165, 1.54) is 0 Å². The Hall–Kier alpha value is -1.04. The van der Waals surface area contributed by atoms with Gasteiger partial charge in [-0.15, -0.1) is 24.8 Å². The number of rotatable bonds is 5. The van der Waals surface area contributed by atoms with E-state index in [1.807, 2.05) is 30.3 Å². The van der Waals surface area contributed by atoms with Crippen molar-refractivity contribution >= 4 is 42.2 Å². The zero-order chi connectivity index (χ0) is 16.2. The normalized spacial score (nSPS) is 15.3. The first-order valence-electron chi connectivity index (χ1n) is 7.92. The van der Waals surface area contributed by atoms with Crippen LogP contribution >= 0.6 is 36.4 Å². The zero-order valence-electron chi connectivity index (χ0n) is 14.1. The smallest absolute Gasteiger partial charge is 0.199 e. The van der Waals surface area contributed by atoms with Gasteiger partial charge in [0.05, 0.1) is 0 Å². The molecule has 2 heterocycles. The number of hydrogen-bond acceptors (Lipinski definition) is 4. The van der Waals surface area contributed by atoms with E-state index in [9.17, 15) is 4.79 Å². The largest absolute Gasteiger partial charge is 0.453 e. The van der Waals surface area contributed by atoms with Gasteiger partial charge in [0.15, 0.2) is 11.5 Å². The van der Waals surface area contributed by atoms with Crippen molar-refractivity contribution in [1.29, 1.82) is 0 Å². The number of carbonyl (C=O) groups excluding carboxylic acids is 1. The summed E-state index contributed by atoms with van der Waals surface area (Å²) in [6, 6.07) is 11.0. The van der Waals surface area contributed by atoms with Crippen molar-refractivity contribution < 1.29 is 9.21 Å². The second kappa shape index (κ2) is 10.2. The monoisotopic (exact) mass is 404 g/mol. The molecule has 1 fully saturated rings. The lowest BCUT2D eigenvalue weighted by Gasteiger charge is -2.32. The van der Waals surface area contributed by atoms with Gasteiger partial charge in [0.25, 0.3) is 0 Å². The Labute approximate surface area is 165 Å². The first-order chi connectivity index (χ1) is 11.1. The molecule has 4 nitrogen and oxygen atoms in total. The summed E-state index contributed by atoms with van der Waals surface area (Å²) in [5.74, 6) is 1.19. The molecule has 0 aliphatic carbocycles. The van der Waals surface area contributed by atoms with E-state index in [4.69, 9.17) is 16.0 Å². The summed E-state index contributed by atoms with van der Waals surface area (Å²) in [7, 11) is 2.13. The number of piperazine rings is 1. The van der Waals surface area contributed by atoms with Crippen molar-refractivity contribution in [3.05, 3.63) is 47.2 Å². The average Bonchev–Trinajstić information content (AvgIpc) is 3.05. The molecular formula is C18H23Cl3N2O2. The minimum atomic E-state index is 0. The maximum Gasteiger partial charge on any atom is 0.199 e. The van der Waals surface area contributed by atoms with Crippen LogP contribution in [-0.2, 0) is 0 Å². The minimum Gasteiger partial charge on any atom is -0.453 e. The predicted molar refractivity (Wildman–Crippen MR) is 107 cm³/mol. The molecule has 25 heavy (non-hydrogen) atoms. The Kier molecular flexibility index (Phi) is 8.97. The van der Waals surface area contributed by atoms with Crippen LogP contribution in [0.4, 0.5) is 0 Å². The summed E-state index contributed by atoms with van der Waals surface area (Å²) in [5.41, 5.74) is 0.924. The van der Waals surface area contributed by atoms with Crippen LogP contribution in [0.2, 0.25) is 5.02 Å². The zero-order valence-corrected chi connectivity index (χ0v) is 16.5. The SMILES string of the molecule is CN1CCN(CCC(=O)c2ccc(-c3ccc(Cl)cc3)o2)CC1.Cl.Cl. The Balaban J connectivity index is 0.00000156. The molecule has 1 aromatic carbocycles. The Morgan fingerprint density at radius 3 is 2.32 bits per heavy atom. The van der Waals surface area contributed by atoms with E-state index in [2.05, 4.69) is 16.8 Å². The number of likely N-dealkylation sites (N-methyl/N-ethyl adjacent to an activating group) is 1. The van der Waals surface area contributed by atoms with Crippen molar-refractivity contribution in [2.24, 2.45) is 0 Å². The van der Waals surface area contributed by atoms with Crippen LogP contribution in [0.25, 0.3) is 11.3 Å². The molecule has 1 aromatic heterocycles. The van der Waals surface area contributed by atoms with Crippen LogP contribution in [-0.4, -0.2) is 55.4 Å². The first kappa shape index (κ1) is 22.0. The van der Waals surface area contributed by atoms with Gasteiger partial charge in [-0.3, -0.25) is 4.79 Å². The summed E-state index contributed by atoms with van der Waals surface area (Å²) in [6.45, 7) is 4.98. The number of ketones is 1. The second-order valence-electron chi connectivity index (χ2n) is 5.99. The van der Waals surface area contributed by atoms with Crippen LogP contribution < -0.4 is 0 Å². The molecule has 0 amide bonds. The third-order valence-corrected chi connectivity index (χ3v) is 4.51. The number of halogens is 3. The average molecular weight is 406 g/mol. The maximum atomic E-state index is 12.3. The van der Waals surface area contributed by atoms with Gasteiger partial charge in [0.1, 0.15) is 5.76 Å². The maximum absolute atomic E-state index is 12.3. The van der Waals surface area contributed by atoms with Crippen molar-refractivity contribution in [2.75, 3.05) is 39.8 Å². The van der Waals surface area contributed by atoms with Crippen molar-refractivity contribution in [3.63, 3.8) is 0 Å². The van der Waals surface area contributed by atoms with Gasteiger partial charge in [-0.25, -0.2) is 0 Å². The van der Waals surface area contributed by atoms with Crippen molar-refractivity contribution in [2.45, 2.75) is 6.42 Å². The molecule has 0 N–H and O–H groups in total. The lowest BCUT2D eigenvalue weighted by Crippen LogP contribution is -2.45. The van der Waals surface area contributed by atoms with Gasteiger partial charge in [0, 0.05) is 49.7 Å². The molecule has 0 unspecified atom stereocenters. The second-order valence-corrected chi connectivity index (χ2v) is 6.43. The van der Waals surface area contributed by atoms with Gasteiger partial charge in [0.2, 0.25) is 0 Å². The van der Waals surface area contributed by atoms with Crippen LogP contribution in [0.5, 0.6) is 0 Å². The number of Topliss-reactive ketones (excluding diaryl/α,β-unsaturated/α-hetero) is 1. The summed E-state index contributed by atoms with van der Waals surface area (Å²) >= 11 is 5.89. The molecule has 0 radical (unpaired) electrons. The number of hydrogen-bond donors (Lipinski definition) is 0. The fourth-order valence-electron chi connectivity index (χ4n) is 2.71. The molecule has 0 atom stereocenters. The summed E-state index contributed by atoms with van der Waals surface area (Å²) in [5, 5.41) is 0.684. The lowest BCUT2D eigenvalue weighted by molar-refractivity contribution is 0.0916. The van der Waals surface area contributed by atoms with Crippen LogP contribution in [0.3, 0.4) is 0 Å². The highest BCUT2D eigenvalue weighted by Crippen LogP contribution is 2.24. The molecule has 3 rings (SSSR count). The predicted octanol–water partition coefficient (Wildman–Crippen LogP) is 4.26. The van der Waals surface area contributed by atoms with E-state index in [-0.39, 0.29) is 30.6 Å². The van der Waals surface area contributed by atoms with Crippen LogP contribution in [0, 0.1) is 0 Å². The van der Waals surface area contributed by atoms with E-state index >= 15 is 0 Å². The third kappa shape index (κ3) is 6.01. The highest BCUT2D eigenvalue weighted by atomic mass is 35.5. The number of benzene rings is 1. The fraction of sp³-hybridized carbons (Fsp3) is 0.389. The first-order valence-corrected chi connectivity index (χ1v) is 8.29. The molecule has 1 aliphatic heterocycles. The van der Waals surface area contributed by atoms with E-state index < -0.39 is 0 Å². The lowest BCUT2D eigenvalue weighted by atomic mass is 10.2. The van der Waals surface area contributed by atoms with E-state index in [0.29, 0.717) is 23.0 Å². The van der Waals surface area contributed by atoms with E-state index in [0.717, 1.165) is 38.3 Å². The third-order valence-electron chi connectivity index (χ3n) is 4.26. The van der Waals surface area contributed by atoms with E-state index in [1.54, 1.807) is 6.07 Å². The number of carbonyl (C=O) groups is 1. The fourth-order valence-corrected chi connectivity index (χ4v) is 2.84. The van der Waals surface area contributed by atoms with Crippen LogP contribution in [0.1, 0.15) is 17.0 Å². The molecule has 2 aromatic rings. The van der Waals surface area contributed by atoms with Crippen molar-refractivity contribution in [3.8, 4) is 11.3 Å². The molecular weight excluding hydrogens is 383 g/mol. The summed E-state index contributed by atoms with van der Waals surface area (Å²) < 4.78 is 5.71. The molecule has 1 aliphatic rings. The van der Waals surface area contributed by atoms with Gasteiger partial charge in [-0.05, 0) is 43.4 Å². The topological polar surface area (TPSA) is 36.7 Å². The Morgan fingerprint density at radius 1 is 1.04 bits per heavy atom. The summed E-state index contributed by atoms with van der Waals surface area (Å²) in [6.07, 6.45) is 0.497. The van der Waals surface area contributed by atoms with Crippen molar-refractivity contribution in [1.82, 2.24) is 9.80 Å². The number of furan rings is 1. The number of nitrogens with zero attached hydrogens (tertiary/aromatic N) is 2. The molecule has 0 saturated carbocycles. The highest BCUT2D eigenvalue weighted by Gasteiger charge is 2.17. The van der Waals surface area contributed by atoms with Gasteiger partial charge in [-0.2, -0.15) is 0 Å². The quantitative estimate of drug-likeness (QED) is 0.696. The van der Waals surface area contributed by atoms with Gasteiger partial charge >= 0.3 is 0 Å². The van der Waals surface area contributed by atoms with Gasteiger partial charge < -0.3 is 14.2 Å². The van der Waals surface area contributed by atoms with Gasteiger partial charge in [-0.1, -0.05) is 11.6 Å².